The number of hydrogen-bond donors (Lipinski definition) is 0. The number of amides is 1. The zero-order valence-corrected chi connectivity index (χ0v) is 19.3. The topological polar surface area (TPSA) is 60.2 Å². The molecule has 0 bridgehead atoms. The molecule has 0 radical (unpaired) electrons. The lowest BCUT2D eigenvalue weighted by molar-refractivity contribution is -0.129. The number of nitrogens with zero attached hydrogens (tertiary/aromatic N) is 4. The van der Waals surface area contributed by atoms with Gasteiger partial charge in [-0.15, -0.1) is 10.2 Å². The van der Waals surface area contributed by atoms with Crippen LogP contribution in [0, 0.1) is 0 Å². The number of benzene rings is 2. The molecule has 32 heavy (non-hydrogen) atoms. The van der Waals surface area contributed by atoms with E-state index >= 15 is 0 Å². The van der Waals surface area contributed by atoms with E-state index in [0.29, 0.717) is 16.8 Å². The highest BCUT2D eigenvalue weighted by Gasteiger charge is 2.34. The van der Waals surface area contributed by atoms with Crippen molar-refractivity contribution in [2.75, 3.05) is 13.1 Å². The predicted molar refractivity (Wildman–Crippen MR) is 125 cm³/mol. The van der Waals surface area contributed by atoms with Gasteiger partial charge in [0.15, 0.2) is 11.0 Å². The van der Waals surface area contributed by atoms with Crippen LogP contribution in [0.1, 0.15) is 48.4 Å². The first kappa shape index (κ1) is 21.3. The van der Waals surface area contributed by atoms with Crippen LogP contribution < -0.4 is 4.74 Å². The van der Waals surface area contributed by atoms with Gasteiger partial charge in [-0.25, -0.2) is 0 Å². The van der Waals surface area contributed by atoms with E-state index in [1.165, 1.54) is 11.8 Å². The van der Waals surface area contributed by atoms with Crippen LogP contribution >= 0.6 is 23.4 Å². The van der Waals surface area contributed by atoms with Gasteiger partial charge in [-0.2, -0.15) is 0 Å². The maximum Gasteiger partial charge on any atom is 0.240 e. The number of thioether (sulfide) groups is 1. The van der Waals surface area contributed by atoms with E-state index in [2.05, 4.69) is 14.8 Å². The fourth-order valence-electron chi connectivity index (χ4n) is 3.99. The molecule has 1 amide bonds. The van der Waals surface area contributed by atoms with E-state index in [-0.39, 0.29) is 17.8 Å². The molecule has 8 heteroatoms. The second kappa shape index (κ2) is 9.55. The minimum Gasteiger partial charge on any atom is -0.484 e. The molecule has 1 atom stereocenters. The Balaban J connectivity index is 1.40. The first-order valence-corrected chi connectivity index (χ1v) is 12.3. The number of carbonyl (C=O) groups excluding carboxylic acids is 1. The Kier molecular flexibility index (Phi) is 6.37. The Bertz CT molecular complexity index is 1080. The highest BCUT2D eigenvalue weighted by molar-refractivity contribution is 8.00. The molecular formula is C24H25ClN4O2S. The van der Waals surface area contributed by atoms with Gasteiger partial charge in [-0.05, 0) is 43.4 Å². The van der Waals surface area contributed by atoms with E-state index in [9.17, 15) is 4.79 Å². The molecule has 6 nitrogen and oxygen atoms in total. The smallest absolute Gasteiger partial charge is 0.240 e. The van der Waals surface area contributed by atoms with Crippen molar-refractivity contribution in [3.05, 3.63) is 71.0 Å². The maximum absolute atomic E-state index is 13.4. The van der Waals surface area contributed by atoms with Gasteiger partial charge in [-0.1, -0.05) is 65.8 Å². The summed E-state index contributed by atoms with van der Waals surface area (Å²) in [6.45, 7) is 1.94. The fourth-order valence-corrected chi connectivity index (χ4v) is 5.39. The van der Waals surface area contributed by atoms with E-state index < -0.39 is 0 Å². The zero-order chi connectivity index (χ0) is 21.9. The van der Waals surface area contributed by atoms with Crippen molar-refractivity contribution in [3.8, 4) is 5.75 Å². The summed E-state index contributed by atoms with van der Waals surface area (Å²) in [5.41, 5.74) is 0.994. The second-order valence-electron chi connectivity index (χ2n) is 8.16. The third kappa shape index (κ3) is 4.64. The first-order valence-electron chi connectivity index (χ1n) is 11.0. The van der Waals surface area contributed by atoms with Crippen molar-refractivity contribution in [2.24, 2.45) is 0 Å². The SMILES string of the molecule is O=C([C@@H](Sc1nnc(COc2ccccc2Cl)n1C1CC1)c1ccccc1)N1CCCC1. The minimum absolute atomic E-state index is 0.151. The molecule has 1 saturated carbocycles. The van der Waals surface area contributed by atoms with Crippen molar-refractivity contribution >= 4 is 29.3 Å². The predicted octanol–water partition coefficient (Wildman–Crippen LogP) is 5.30. The molecule has 2 aromatic carbocycles. The van der Waals surface area contributed by atoms with Gasteiger partial charge in [0.1, 0.15) is 17.6 Å². The van der Waals surface area contributed by atoms with Gasteiger partial charge < -0.3 is 9.64 Å². The molecule has 1 aliphatic heterocycles. The summed E-state index contributed by atoms with van der Waals surface area (Å²) in [7, 11) is 0. The number of aromatic nitrogens is 3. The lowest BCUT2D eigenvalue weighted by atomic mass is 10.1. The number of ether oxygens (including phenoxy) is 1. The molecule has 166 valence electrons. The van der Waals surface area contributed by atoms with Crippen LogP contribution in [0.15, 0.2) is 59.8 Å². The van der Waals surface area contributed by atoms with Gasteiger partial charge in [0.2, 0.25) is 5.91 Å². The van der Waals surface area contributed by atoms with E-state index in [1.807, 2.05) is 53.4 Å². The lowest BCUT2D eigenvalue weighted by Gasteiger charge is -2.23. The van der Waals surface area contributed by atoms with Crippen molar-refractivity contribution in [1.82, 2.24) is 19.7 Å². The van der Waals surface area contributed by atoms with Crippen LogP contribution in [0.3, 0.4) is 0 Å². The number of para-hydroxylation sites is 1. The summed E-state index contributed by atoms with van der Waals surface area (Å²) in [4.78, 5) is 15.4. The molecule has 0 N–H and O–H groups in total. The van der Waals surface area contributed by atoms with E-state index in [4.69, 9.17) is 16.3 Å². The molecule has 0 spiro atoms. The van der Waals surface area contributed by atoms with Gasteiger partial charge in [0.05, 0.1) is 5.02 Å². The molecule has 2 heterocycles. The Morgan fingerprint density at radius 2 is 1.78 bits per heavy atom. The van der Waals surface area contributed by atoms with Crippen LogP contribution in [-0.4, -0.2) is 38.7 Å². The third-order valence-corrected chi connectivity index (χ3v) is 7.32. The molecule has 1 aliphatic carbocycles. The standard InChI is InChI=1S/C24H25ClN4O2S/c25-19-10-4-5-11-20(19)31-16-21-26-27-24(29(21)18-12-13-18)32-22(17-8-2-1-3-9-17)23(30)28-14-6-7-15-28/h1-5,8-11,18,22H,6-7,12-16H2/t22-/m0/s1. The average Bonchev–Trinajstić information content (AvgIpc) is 3.34. The lowest BCUT2D eigenvalue weighted by Crippen LogP contribution is -2.31. The summed E-state index contributed by atoms with van der Waals surface area (Å²) in [5, 5.41) is 9.90. The van der Waals surface area contributed by atoms with Crippen molar-refractivity contribution in [1.29, 1.82) is 0 Å². The quantitative estimate of drug-likeness (QED) is 0.420. The van der Waals surface area contributed by atoms with E-state index in [1.54, 1.807) is 6.07 Å². The van der Waals surface area contributed by atoms with Crippen LogP contribution in [0.5, 0.6) is 5.75 Å². The number of carbonyl (C=O) groups is 1. The van der Waals surface area contributed by atoms with Gasteiger partial charge in [0.25, 0.3) is 0 Å². The Hall–Kier alpha value is -2.51. The third-order valence-electron chi connectivity index (χ3n) is 5.81. The van der Waals surface area contributed by atoms with Crippen LogP contribution in [0.4, 0.5) is 0 Å². The second-order valence-corrected chi connectivity index (χ2v) is 9.64. The summed E-state index contributed by atoms with van der Waals surface area (Å²) in [6, 6.07) is 17.7. The number of likely N-dealkylation sites (tertiary alicyclic amines) is 1. The van der Waals surface area contributed by atoms with Crippen molar-refractivity contribution in [2.45, 2.75) is 48.7 Å². The highest BCUT2D eigenvalue weighted by Crippen LogP contribution is 2.43. The Morgan fingerprint density at radius 3 is 2.50 bits per heavy atom. The number of halogens is 1. The average molecular weight is 469 g/mol. The molecule has 1 saturated heterocycles. The van der Waals surface area contributed by atoms with Crippen molar-refractivity contribution < 1.29 is 9.53 Å². The Labute approximate surface area is 196 Å². The Morgan fingerprint density at radius 1 is 1.06 bits per heavy atom. The fraction of sp³-hybridized carbons (Fsp3) is 0.375. The highest BCUT2D eigenvalue weighted by atomic mass is 35.5. The zero-order valence-electron chi connectivity index (χ0n) is 17.7. The van der Waals surface area contributed by atoms with Crippen LogP contribution in [0.2, 0.25) is 5.02 Å². The summed E-state index contributed by atoms with van der Waals surface area (Å²) < 4.78 is 8.08. The monoisotopic (exact) mass is 468 g/mol. The van der Waals surface area contributed by atoms with E-state index in [0.717, 1.165) is 55.3 Å². The molecule has 2 fully saturated rings. The summed E-state index contributed by atoms with van der Waals surface area (Å²) in [5.74, 6) is 1.54. The summed E-state index contributed by atoms with van der Waals surface area (Å²) >= 11 is 7.72. The normalized spacial score (nSPS) is 16.8. The molecule has 1 aromatic heterocycles. The molecular weight excluding hydrogens is 444 g/mol. The number of hydrogen-bond acceptors (Lipinski definition) is 5. The minimum atomic E-state index is -0.340. The summed E-state index contributed by atoms with van der Waals surface area (Å²) in [6.07, 6.45) is 4.31. The van der Waals surface area contributed by atoms with Gasteiger partial charge in [-0.3, -0.25) is 9.36 Å². The number of rotatable bonds is 8. The van der Waals surface area contributed by atoms with Crippen LogP contribution in [0.25, 0.3) is 0 Å². The maximum atomic E-state index is 13.4. The van der Waals surface area contributed by atoms with Gasteiger partial charge in [0, 0.05) is 19.1 Å². The molecule has 5 rings (SSSR count). The molecule has 0 unspecified atom stereocenters. The van der Waals surface area contributed by atoms with Crippen molar-refractivity contribution in [3.63, 3.8) is 0 Å². The van der Waals surface area contributed by atoms with Crippen LogP contribution in [-0.2, 0) is 11.4 Å². The molecule has 2 aliphatic rings. The van der Waals surface area contributed by atoms with Gasteiger partial charge >= 0.3 is 0 Å². The first-order chi connectivity index (χ1) is 15.7. The largest absolute Gasteiger partial charge is 0.484 e. The molecule has 3 aromatic rings.